The molecule has 0 saturated heterocycles. The normalized spacial score (nSPS) is 28.4. The second-order valence-corrected chi connectivity index (χ2v) is 5.82. The lowest BCUT2D eigenvalue weighted by Crippen LogP contribution is -2.54. The first-order chi connectivity index (χ1) is 10.3. The molecule has 0 radical (unpaired) electrons. The van der Waals surface area contributed by atoms with Crippen molar-refractivity contribution in [3.8, 4) is 5.75 Å². The summed E-state index contributed by atoms with van der Waals surface area (Å²) < 4.78 is 44.9. The highest BCUT2D eigenvalue weighted by atomic mass is 19.4. The third-order valence-corrected chi connectivity index (χ3v) is 4.57. The highest BCUT2D eigenvalue weighted by Crippen LogP contribution is 2.57. The quantitative estimate of drug-likeness (QED) is 0.782. The van der Waals surface area contributed by atoms with Gasteiger partial charge in [-0.1, -0.05) is 18.2 Å². The Morgan fingerprint density at radius 2 is 1.82 bits per heavy atom. The molecule has 6 heteroatoms. The number of hydrogen-bond donors (Lipinski definition) is 2. The second kappa shape index (κ2) is 3.76. The number of anilines is 1. The van der Waals surface area contributed by atoms with Crippen LogP contribution in [0.2, 0.25) is 0 Å². The zero-order chi connectivity index (χ0) is 15.8. The van der Waals surface area contributed by atoms with Gasteiger partial charge in [0, 0.05) is 16.8 Å². The Bertz CT molecular complexity index is 789. The molecular weight excluding hydrogens is 293 g/mol. The molecule has 22 heavy (non-hydrogen) atoms. The predicted octanol–water partition coefficient (Wildman–Crippen LogP) is 3.55. The van der Waals surface area contributed by atoms with Crippen LogP contribution in [0.4, 0.5) is 18.9 Å². The van der Waals surface area contributed by atoms with Crippen molar-refractivity contribution in [2.24, 2.45) is 5.73 Å². The SMILES string of the molecule is C[C@]12Oc3ccccc3[C@@]1(N)Nc1ccc(C(F)(F)F)cc12. The average molecular weight is 306 g/mol. The fourth-order valence-electron chi connectivity index (χ4n) is 3.33. The topological polar surface area (TPSA) is 47.3 Å². The van der Waals surface area contributed by atoms with E-state index in [0.717, 1.165) is 17.7 Å². The van der Waals surface area contributed by atoms with Crippen molar-refractivity contribution in [1.29, 1.82) is 0 Å². The van der Waals surface area contributed by atoms with E-state index in [0.29, 0.717) is 17.0 Å². The van der Waals surface area contributed by atoms with E-state index in [1.165, 1.54) is 6.07 Å². The minimum Gasteiger partial charge on any atom is -0.478 e. The zero-order valence-electron chi connectivity index (χ0n) is 11.7. The summed E-state index contributed by atoms with van der Waals surface area (Å²) in [6, 6.07) is 10.8. The molecule has 0 bridgehead atoms. The highest BCUT2D eigenvalue weighted by molar-refractivity contribution is 5.69. The van der Waals surface area contributed by atoms with Crippen molar-refractivity contribution in [2.45, 2.75) is 24.4 Å². The number of rotatable bonds is 0. The van der Waals surface area contributed by atoms with E-state index in [-0.39, 0.29) is 0 Å². The van der Waals surface area contributed by atoms with Crippen LogP contribution in [0.5, 0.6) is 5.75 Å². The lowest BCUT2D eigenvalue weighted by Gasteiger charge is -2.33. The standard InChI is InChI=1S/C16H13F3N2O/c1-14-11-8-9(16(17,18)19)6-7-12(11)21-15(14,20)10-4-2-3-5-13(10)22-14/h2-8,21H,20H2,1H3/t14-,15-/m1/s1. The number of ether oxygens (including phenoxy) is 1. The number of halogens is 3. The van der Waals surface area contributed by atoms with Crippen molar-refractivity contribution in [2.75, 3.05) is 5.32 Å². The number of fused-ring (bicyclic) bond motifs is 5. The molecule has 0 amide bonds. The van der Waals surface area contributed by atoms with Crippen LogP contribution in [-0.2, 0) is 17.4 Å². The fourth-order valence-corrected chi connectivity index (χ4v) is 3.33. The van der Waals surface area contributed by atoms with E-state index in [2.05, 4.69) is 5.32 Å². The maximum absolute atomic E-state index is 13.0. The highest BCUT2D eigenvalue weighted by Gasteiger charge is 2.61. The smallest absolute Gasteiger partial charge is 0.416 e. The van der Waals surface area contributed by atoms with Gasteiger partial charge in [0.1, 0.15) is 5.75 Å². The van der Waals surface area contributed by atoms with E-state index in [1.54, 1.807) is 19.1 Å². The molecule has 3 nitrogen and oxygen atoms in total. The van der Waals surface area contributed by atoms with Crippen molar-refractivity contribution in [3.05, 3.63) is 59.2 Å². The van der Waals surface area contributed by atoms with Gasteiger partial charge in [0.2, 0.25) is 0 Å². The number of benzene rings is 2. The van der Waals surface area contributed by atoms with Gasteiger partial charge in [-0.3, -0.25) is 0 Å². The van der Waals surface area contributed by atoms with Crippen LogP contribution in [-0.4, -0.2) is 0 Å². The van der Waals surface area contributed by atoms with Crippen LogP contribution in [0.15, 0.2) is 42.5 Å². The molecule has 114 valence electrons. The molecule has 2 aromatic rings. The molecule has 0 spiro atoms. The van der Waals surface area contributed by atoms with Gasteiger partial charge in [-0.05, 0) is 31.2 Å². The number of alkyl halides is 3. The summed E-state index contributed by atoms with van der Waals surface area (Å²) in [6.45, 7) is 1.71. The summed E-state index contributed by atoms with van der Waals surface area (Å²) in [5.74, 6) is 0.586. The molecule has 3 N–H and O–H groups in total. The molecule has 2 aromatic carbocycles. The van der Waals surface area contributed by atoms with Crippen LogP contribution in [0.1, 0.15) is 23.6 Å². The van der Waals surface area contributed by atoms with Gasteiger partial charge in [-0.2, -0.15) is 13.2 Å². The van der Waals surface area contributed by atoms with Gasteiger partial charge in [-0.25, -0.2) is 0 Å². The number of nitrogens with two attached hydrogens (primary N) is 1. The number of hydrogen-bond acceptors (Lipinski definition) is 3. The molecule has 2 heterocycles. The van der Waals surface area contributed by atoms with Gasteiger partial charge in [0.25, 0.3) is 0 Å². The van der Waals surface area contributed by atoms with E-state index in [9.17, 15) is 13.2 Å². The lowest BCUT2D eigenvalue weighted by molar-refractivity contribution is -0.137. The lowest BCUT2D eigenvalue weighted by atomic mass is 9.84. The van der Waals surface area contributed by atoms with Crippen molar-refractivity contribution in [3.63, 3.8) is 0 Å². The molecule has 0 unspecified atom stereocenters. The summed E-state index contributed by atoms with van der Waals surface area (Å²) in [4.78, 5) is 0. The first kappa shape index (κ1) is 13.5. The summed E-state index contributed by atoms with van der Waals surface area (Å²) >= 11 is 0. The molecule has 4 rings (SSSR count). The molecule has 0 aromatic heterocycles. The molecule has 0 aliphatic carbocycles. The van der Waals surface area contributed by atoms with Crippen LogP contribution >= 0.6 is 0 Å². The van der Waals surface area contributed by atoms with Crippen molar-refractivity contribution < 1.29 is 17.9 Å². The maximum Gasteiger partial charge on any atom is 0.416 e. The molecule has 0 saturated carbocycles. The van der Waals surface area contributed by atoms with Crippen LogP contribution < -0.4 is 15.8 Å². The molecule has 2 atom stereocenters. The maximum atomic E-state index is 13.0. The van der Waals surface area contributed by atoms with E-state index < -0.39 is 23.0 Å². The Kier molecular flexibility index (Phi) is 2.30. The van der Waals surface area contributed by atoms with E-state index >= 15 is 0 Å². The van der Waals surface area contributed by atoms with Crippen LogP contribution in [0.25, 0.3) is 0 Å². The first-order valence-corrected chi connectivity index (χ1v) is 6.83. The molecule has 2 aliphatic heterocycles. The molecule has 2 aliphatic rings. The third kappa shape index (κ3) is 1.45. The fraction of sp³-hybridized carbons (Fsp3) is 0.250. The molecule has 0 fully saturated rings. The van der Waals surface area contributed by atoms with Gasteiger partial charge >= 0.3 is 6.18 Å². The monoisotopic (exact) mass is 306 g/mol. The summed E-state index contributed by atoms with van der Waals surface area (Å²) in [7, 11) is 0. The van der Waals surface area contributed by atoms with Crippen LogP contribution in [0, 0.1) is 0 Å². The molecular formula is C16H13F3N2O. The number of nitrogens with one attached hydrogen (secondary N) is 1. The third-order valence-electron chi connectivity index (χ3n) is 4.57. The summed E-state index contributed by atoms with van der Waals surface area (Å²) in [5, 5.41) is 3.13. The Balaban J connectivity index is 1.92. The Labute approximate surface area is 124 Å². The van der Waals surface area contributed by atoms with Gasteiger partial charge < -0.3 is 15.8 Å². The van der Waals surface area contributed by atoms with Crippen molar-refractivity contribution >= 4 is 5.69 Å². The second-order valence-electron chi connectivity index (χ2n) is 5.82. The Morgan fingerprint density at radius 1 is 1.09 bits per heavy atom. The average Bonchev–Trinajstić information content (AvgIpc) is 2.80. The minimum absolute atomic E-state index is 0.418. The van der Waals surface area contributed by atoms with Gasteiger partial charge in [0.05, 0.1) is 5.56 Å². The zero-order valence-corrected chi connectivity index (χ0v) is 11.7. The van der Waals surface area contributed by atoms with E-state index in [1.807, 2.05) is 12.1 Å². The summed E-state index contributed by atoms with van der Waals surface area (Å²) in [6.07, 6.45) is -4.41. The van der Waals surface area contributed by atoms with Crippen molar-refractivity contribution in [1.82, 2.24) is 0 Å². The van der Waals surface area contributed by atoms with Gasteiger partial charge in [-0.15, -0.1) is 0 Å². The Hall–Kier alpha value is -2.21. The summed E-state index contributed by atoms with van der Waals surface area (Å²) in [5.41, 5.74) is 5.33. The number of para-hydroxylation sites is 1. The van der Waals surface area contributed by atoms with Gasteiger partial charge in [0.15, 0.2) is 11.3 Å². The van der Waals surface area contributed by atoms with E-state index in [4.69, 9.17) is 10.5 Å². The predicted molar refractivity (Wildman–Crippen MR) is 75.4 cm³/mol. The minimum atomic E-state index is -4.41. The first-order valence-electron chi connectivity index (χ1n) is 6.83. The van der Waals surface area contributed by atoms with Crippen LogP contribution in [0.3, 0.4) is 0 Å². The Morgan fingerprint density at radius 3 is 2.55 bits per heavy atom. The largest absolute Gasteiger partial charge is 0.478 e.